The molecular formula is C13H26BKO. The summed E-state index contributed by atoms with van der Waals surface area (Å²) in [5.74, 6) is 0.653. The van der Waals surface area contributed by atoms with E-state index in [4.69, 9.17) is 0 Å². The normalized spacial score (nSPS) is 18.8. The first kappa shape index (κ1) is 19.6. The maximum absolute atomic E-state index is 10.7. The first-order valence-electron chi connectivity index (χ1n) is 6.52. The first-order valence-corrected chi connectivity index (χ1v) is 6.52. The van der Waals surface area contributed by atoms with Crippen molar-refractivity contribution in [1.29, 1.82) is 0 Å². The van der Waals surface area contributed by atoms with Crippen LogP contribution in [0.15, 0.2) is 11.8 Å². The van der Waals surface area contributed by atoms with Crippen LogP contribution in [0.2, 0.25) is 19.0 Å². The molecule has 0 radical (unpaired) electrons. The molecule has 0 saturated heterocycles. The van der Waals surface area contributed by atoms with Crippen molar-refractivity contribution >= 4 is 6.71 Å². The Kier molecular flexibility index (Phi) is 15.5. The van der Waals surface area contributed by atoms with E-state index in [0.29, 0.717) is 11.7 Å². The minimum Gasteiger partial charge on any atom is -0.875 e. The van der Waals surface area contributed by atoms with E-state index in [1.165, 1.54) is 25.4 Å². The standard InChI is InChI=1S/C7H12O.C6H15B.K/c1-6-4-2-3-5-7(6)8;1-4-7(5-2)6-3;/h5-6,8H,2-4H2,1H3;4-6H2,1-3H3;/q;;+1/p-1. The number of rotatable bonds is 3. The van der Waals surface area contributed by atoms with Crippen LogP contribution in [0.25, 0.3) is 0 Å². The van der Waals surface area contributed by atoms with E-state index in [1.807, 2.05) is 13.0 Å². The van der Waals surface area contributed by atoms with Gasteiger partial charge in [-0.05, 0) is 25.2 Å². The Balaban J connectivity index is 0. The van der Waals surface area contributed by atoms with E-state index in [0.717, 1.165) is 19.6 Å². The van der Waals surface area contributed by atoms with Crippen LogP contribution >= 0.6 is 0 Å². The van der Waals surface area contributed by atoms with Gasteiger partial charge in [0.05, 0.1) is 0 Å². The van der Waals surface area contributed by atoms with Crippen molar-refractivity contribution in [2.45, 2.75) is 65.9 Å². The van der Waals surface area contributed by atoms with Crippen molar-refractivity contribution in [3.05, 3.63) is 11.8 Å². The summed E-state index contributed by atoms with van der Waals surface area (Å²) in [4.78, 5) is 0. The van der Waals surface area contributed by atoms with Gasteiger partial charge in [-0.1, -0.05) is 52.7 Å². The topological polar surface area (TPSA) is 23.1 Å². The van der Waals surface area contributed by atoms with Gasteiger partial charge in [-0.25, -0.2) is 0 Å². The Bertz CT molecular complexity index is 173. The smallest absolute Gasteiger partial charge is 0.875 e. The zero-order valence-corrected chi connectivity index (χ0v) is 15.0. The van der Waals surface area contributed by atoms with Crippen LogP contribution in [0.4, 0.5) is 0 Å². The quantitative estimate of drug-likeness (QED) is 0.671. The molecule has 1 aliphatic rings. The van der Waals surface area contributed by atoms with Crippen LogP contribution in [0.1, 0.15) is 47.0 Å². The van der Waals surface area contributed by atoms with Crippen LogP contribution in [-0.2, 0) is 0 Å². The molecule has 0 aromatic carbocycles. The van der Waals surface area contributed by atoms with Crippen molar-refractivity contribution in [3.63, 3.8) is 0 Å². The molecule has 1 unspecified atom stereocenters. The van der Waals surface area contributed by atoms with Gasteiger partial charge in [-0.2, -0.15) is 0 Å². The van der Waals surface area contributed by atoms with Crippen molar-refractivity contribution < 1.29 is 56.5 Å². The van der Waals surface area contributed by atoms with Crippen LogP contribution in [0.3, 0.4) is 0 Å². The zero-order valence-electron chi connectivity index (χ0n) is 11.9. The van der Waals surface area contributed by atoms with Gasteiger partial charge in [0.25, 0.3) is 0 Å². The summed E-state index contributed by atoms with van der Waals surface area (Å²) in [5.41, 5.74) is 0. The molecular weight excluding hydrogens is 222 g/mol. The number of hydrogen-bond acceptors (Lipinski definition) is 1. The van der Waals surface area contributed by atoms with E-state index in [-0.39, 0.29) is 51.4 Å². The summed E-state index contributed by atoms with van der Waals surface area (Å²) in [6.07, 6.45) is 9.17. The maximum Gasteiger partial charge on any atom is 1.00 e. The monoisotopic (exact) mass is 248 g/mol. The van der Waals surface area contributed by atoms with Gasteiger partial charge >= 0.3 is 51.4 Å². The third-order valence-electron chi connectivity index (χ3n) is 3.40. The molecule has 0 spiro atoms. The van der Waals surface area contributed by atoms with Crippen LogP contribution in [0, 0.1) is 5.92 Å². The fraction of sp³-hybridized carbons (Fsp3) is 0.846. The molecule has 1 atom stereocenters. The van der Waals surface area contributed by atoms with Crippen molar-refractivity contribution in [2.75, 3.05) is 0 Å². The Morgan fingerprint density at radius 3 is 1.94 bits per heavy atom. The molecule has 0 aliphatic heterocycles. The molecule has 1 nitrogen and oxygen atoms in total. The Hall–Kier alpha value is 1.24. The van der Waals surface area contributed by atoms with Gasteiger partial charge in [0.2, 0.25) is 0 Å². The first-order chi connectivity index (χ1) is 7.15. The number of hydrogen-bond donors (Lipinski definition) is 0. The molecule has 1 rings (SSSR count). The average Bonchev–Trinajstić information content (AvgIpc) is 2.26. The van der Waals surface area contributed by atoms with Crippen molar-refractivity contribution in [3.8, 4) is 0 Å². The summed E-state index contributed by atoms with van der Waals surface area (Å²) in [7, 11) is 0. The summed E-state index contributed by atoms with van der Waals surface area (Å²) < 4.78 is 0. The van der Waals surface area contributed by atoms with Gasteiger partial charge in [-0.3, -0.25) is 0 Å². The Morgan fingerprint density at radius 1 is 1.25 bits per heavy atom. The van der Waals surface area contributed by atoms with Gasteiger partial charge in [0.15, 0.2) is 0 Å². The van der Waals surface area contributed by atoms with E-state index in [1.54, 1.807) is 0 Å². The maximum atomic E-state index is 10.7. The molecule has 0 bridgehead atoms. The molecule has 0 saturated carbocycles. The molecule has 0 aromatic heterocycles. The second-order valence-electron chi connectivity index (χ2n) is 4.53. The minimum atomic E-state index is 0. The second kappa shape index (κ2) is 12.7. The summed E-state index contributed by atoms with van der Waals surface area (Å²) in [5, 5.41) is 10.7. The number of allylic oxidation sites excluding steroid dienone is 2. The summed E-state index contributed by atoms with van der Waals surface area (Å²) >= 11 is 0. The molecule has 88 valence electrons. The van der Waals surface area contributed by atoms with Crippen molar-refractivity contribution in [2.24, 2.45) is 5.92 Å². The predicted molar refractivity (Wildman–Crippen MR) is 68.3 cm³/mol. The fourth-order valence-corrected chi connectivity index (χ4v) is 1.88. The van der Waals surface area contributed by atoms with E-state index in [2.05, 4.69) is 20.8 Å². The van der Waals surface area contributed by atoms with E-state index >= 15 is 0 Å². The SMILES string of the molecule is CC1CCCC=C1[O-].CCB(CC)CC.[K+]. The minimum absolute atomic E-state index is 0. The summed E-state index contributed by atoms with van der Waals surface area (Å²) in [6.45, 7) is 9.77. The van der Waals surface area contributed by atoms with Gasteiger partial charge in [0.1, 0.15) is 6.71 Å². The molecule has 0 fully saturated rings. The third kappa shape index (κ3) is 9.29. The van der Waals surface area contributed by atoms with Crippen LogP contribution in [0.5, 0.6) is 0 Å². The fourth-order valence-electron chi connectivity index (χ4n) is 1.88. The Labute approximate surface area is 145 Å². The van der Waals surface area contributed by atoms with Crippen LogP contribution < -0.4 is 56.5 Å². The summed E-state index contributed by atoms with van der Waals surface area (Å²) in [6, 6.07) is 0. The van der Waals surface area contributed by atoms with Crippen LogP contribution in [-0.4, -0.2) is 6.71 Å². The molecule has 0 aromatic rings. The van der Waals surface area contributed by atoms with Gasteiger partial charge < -0.3 is 5.11 Å². The molecule has 16 heavy (non-hydrogen) atoms. The van der Waals surface area contributed by atoms with Gasteiger partial charge in [-0.15, -0.1) is 5.76 Å². The Morgan fingerprint density at radius 2 is 1.75 bits per heavy atom. The molecule has 0 amide bonds. The average molecular weight is 248 g/mol. The molecule has 1 aliphatic carbocycles. The molecule has 0 N–H and O–H groups in total. The third-order valence-corrected chi connectivity index (χ3v) is 3.40. The molecule has 0 heterocycles. The van der Waals surface area contributed by atoms with Crippen molar-refractivity contribution in [1.82, 2.24) is 0 Å². The van der Waals surface area contributed by atoms with E-state index in [9.17, 15) is 5.11 Å². The largest absolute Gasteiger partial charge is 1.00 e. The zero-order chi connectivity index (χ0) is 11.7. The predicted octanol–water partition coefficient (Wildman–Crippen LogP) is 0.596. The van der Waals surface area contributed by atoms with E-state index < -0.39 is 0 Å². The van der Waals surface area contributed by atoms with Gasteiger partial charge in [0, 0.05) is 0 Å². The second-order valence-corrected chi connectivity index (χ2v) is 4.53. The molecule has 3 heteroatoms.